The highest BCUT2D eigenvalue weighted by Gasteiger charge is 2.66. The first-order chi connectivity index (χ1) is 18.9. The third-order valence-electron chi connectivity index (χ3n) is 7.89. The number of carbonyl (C=O) groups excluding carboxylic acids is 1. The molecule has 2 fully saturated rings. The number of aryl methyl sites for hydroxylation is 1. The number of ether oxygens (including phenoxy) is 1. The van der Waals surface area contributed by atoms with Gasteiger partial charge in [-0.05, 0) is 43.7 Å². The van der Waals surface area contributed by atoms with Gasteiger partial charge in [0, 0.05) is 56.7 Å². The number of methoxy groups -OCH3 is 1. The number of sulfonamides is 1. The maximum atomic E-state index is 15.6. The molecule has 3 aromatic rings. The van der Waals surface area contributed by atoms with Crippen molar-refractivity contribution in [3.8, 4) is 5.75 Å². The van der Waals surface area contributed by atoms with Crippen LogP contribution in [0, 0.1) is 11.2 Å². The first-order valence-electron chi connectivity index (χ1n) is 12.6. The van der Waals surface area contributed by atoms with E-state index in [9.17, 15) is 13.2 Å². The normalized spacial score (nSPS) is 24.2. The lowest BCUT2D eigenvalue weighted by molar-refractivity contribution is 0.102. The molecule has 2 aromatic heterocycles. The third-order valence-corrected chi connectivity index (χ3v) is 10.5. The van der Waals surface area contributed by atoms with Crippen molar-refractivity contribution >= 4 is 27.6 Å². The number of benzene rings is 1. The highest BCUT2D eigenvalue weighted by Crippen LogP contribution is 2.49. The molecule has 0 aliphatic carbocycles. The van der Waals surface area contributed by atoms with Crippen molar-refractivity contribution in [2.24, 2.45) is 7.05 Å². The Kier molecular flexibility index (Phi) is 6.78. The van der Waals surface area contributed by atoms with Crippen molar-refractivity contribution in [2.75, 3.05) is 32.6 Å². The van der Waals surface area contributed by atoms with Crippen molar-refractivity contribution in [1.82, 2.24) is 29.3 Å². The molecule has 2 aliphatic rings. The monoisotopic (exact) mass is 570 g/mol. The lowest BCUT2D eigenvalue weighted by Gasteiger charge is -2.52. The second-order valence-electron chi connectivity index (χ2n) is 10.3. The molecule has 0 saturated carbocycles. The summed E-state index contributed by atoms with van der Waals surface area (Å²) in [6.07, 6.45) is 5.20. The van der Waals surface area contributed by atoms with Gasteiger partial charge in [0.05, 0.1) is 25.0 Å². The molecule has 3 N–H and O–H groups in total. The van der Waals surface area contributed by atoms with E-state index in [0.29, 0.717) is 18.8 Å². The molecule has 1 aromatic carbocycles. The number of amides is 1. The molecule has 2 atom stereocenters. The SMILES string of the molecule is COc1ccc(C(=O)Nc2ccc(F)c([C@@]3(C)NC(=N)N(C)S(=O)(=O)[C@@]34CCN(Cc3cnn(C)c3)C4)c2)nc1. The Morgan fingerprint density at radius 1 is 1.25 bits per heavy atom. The Morgan fingerprint density at radius 2 is 2.02 bits per heavy atom. The summed E-state index contributed by atoms with van der Waals surface area (Å²) in [5.41, 5.74) is -0.213. The fourth-order valence-corrected chi connectivity index (χ4v) is 7.80. The summed E-state index contributed by atoms with van der Waals surface area (Å²) in [5.74, 6) is -1.06. The number of halogens is 1. The molecule has 4 heterocycles. The molecule has 0 bridgehead atoms. The maximum Gasteiger partial charge on any atom is 0.274 e. The zero-order valence-corrected chi connectivity index (χ0v) is 23.4. The fourth-order valence-electron chi connectivity index (χ4n) is 5.62. The Balaban J connectivity index is 1.52. The topological polar surface area (TPSA) is 146 Å². The van der Waals surface area contributed by atoms with Crippen molar-refractivity contribution < 1.29 is 22.3 Å². The van der Waals surface area contributed by atoms with Crippen LogP contribution < -0.4 is 15.4 Å². The highest BCUT2D eigenvalue weighted by molar-refractivity contribution is 7.91. The van der Waals surface area contributed by atoms with Crippen LogP contribution >= 0.6 is 0 Å². The highest BCUT2D eigenvalue weighted by atomic mass is 32.2. The van der Waals surface area contributed by atoms with E-state index in [1.165, 1.54) is 44.6 Å². The molecule has 2 aliphatic heterocycles. The van der Waals surface area contributed by atoms with Crippen molar-refractivity contribution in [1.29, 1.82) is 5.41 Å². The first kappa shape index (κ1) is 27.5. The summed E-state index contributed by atoms with van der Waals surface area (Å²) in [5, 5.41) is 18.3. The lowest BCUT2D eigenvalue weighted by atomic mass is 9.77. The van der Waals surface area contributed by atoms with E-state index in [1.807, 2.05) is 11.1 Å². The second kappa shape index (κ2) is 9.86. The average Bonchev–Trinajstić information content (AvgIpc) is 3.55. The van der Waals surface area contributed by atoms with Gasteiger partial charge in [-0.3, -0.25) is 19.8 Å². The van der Waals surface area contributed by atoms with Crippen LogP contribution in [0.3, 0.4) is 0 Å². The molecule has 1 amide bonds. The standard InChI is InChI=1S/C26H31FN8O4S/c1-25(20-11-18(5-7-21(20)27)31-23(36)22-8-6-19(39-4)13-29-22)26(40(37,38)34(3)24(28)32-25)9-10-35(16-26)15-17-12-30-33(2)14-17/h5-8,11-14H,9-10,15-16H2,1-4H3,(H2,28,32)(H,31,36)/t25-,26-/m1/s1. The van der Waals surface area contributed by atoms with Crippen LogP contribution in [0.25, 0.3) is 0 Å². The number of carbonyl (C=O) groups is 1. The van der Waals surface area contributed by atoms with Crippen LogP contribution in [0.4, 0.5) is 10.1 Å². The smallest absolute Gasteiger partial charge is 0.274 e. The van der Waals surface area contributed by atoms with Crippen LogP contribution in [-0.2, 0) is 29.2 Å². The quantitative estimate of drug-likeness (QED) is 0.407. The summed E-state index contributed by atoms with van der Waals surface area (Å²) in [6.45, 7) is 2.61. The number of hydrogen-bond donors (Lipinski definition) is 3. The van der Waals surface area contributed by atoms with E-state index in [4.69, 9.17) is 10.1 Å². The molecular formula is C26H31FN8O4S. The van der Waals surface area contributed by atoms with Crippen molar-refractivity contribution in [3.63, 3.8) is 0 Å². The van der Waals surface area contributed by atoms with Crippen LogP contribution in [-0.4, -0.2) is 76.2 Å². The van der Waals surface area contributed by atoms with Crippen LogP contribution in [0.15, 0.2) is 48.9 Å². The summed E-state index contributed by atoms with van der Waals surface area (Å²) >= 11 is 0. The van der Waals surface area contributed by atoms with Gasteiger partial charge in [0.15, 0.2) is 0 Å². The van der Waals surface area contributed by atoms with Gasteiger partial charge in [-0.2, -0.15) is 5.10 Å². The van der Waals surface area contributed by atoms with Gasteiger partial charge in [0.2, 0.25) is 16.0 Å². The van der Waals surface area contributed by atoms with Gasteiger partial charge in [0.1, 0.15) is 22.0 Å². The third kappa shape index (κ3) is 4.36. The van der Waals surface area contributed by atoms with Gasteiger partial charge in [-0.15, -0.1) is 0 Å². The van der Waals surface area contributed by atoms with Gasteiger partial charge in [-0.1, -0.05) is 0 Å². The first-order valence-corrected chi connectivity index (χ1v) is 14.0. The van der Waals surface area contributed by atoms with Gasteiger partial charge in [0.25, 0.3) is 5.91 Å². The van der Waals surface area contributed by atoms with E-state index in [2.05, 4.69) is 20.7 Å². The molecule has 1 spiro atoms. The second-order valence-corrected chi connectivity index (χ2v) is 12.6. The van der Waals surface area contributed by atoms with Crippen molar-refractivity contribution in [2.45, 2.75) is 30.2 Å². The number of nitrogens with zero attached hydrogens (tertiary/aromatic N) is 5. The van der Waals surface area contributed by atoms with E-state index in [1.54, 1.807) is 30.9 Å². The van der Waals surface area contributed by atoms with E-state index >= 15 is 4.39 Å². The molecule has 2 saturated heterocycles. The zero-order valence-electron chi connectivity index (χ0n) is 22.6. The van der Waals surface area contributed by atoms with Crippen molar-refractivity contribution in [3.05, 3.63) is 71.6 Å². The molecule has 14 heteroatoms. The Labute approximate surface area is 231 Å². The molecule has 12 nitrogen and oxygen atoms in total. The van der Waals surface area contributed by atoms with Gasteiger partial charge >= 0.3 is 0 Å². The molecule has 5 rings (SSSR count). The van der Waals surface area contributed by atoms with E-state index in [0.717, 1.165) is 9.87 Å². The summed E-state index contributed by atoms with van der Waals surface area (Å²) in [7, 11) is 0.500. The molecule has 212 valence electrons. The number of hydrogen-bond acceptors (Lipinski definition) is 8. The van der Waals surface area contributed by atoms with Gasteiger partial charge < -0.3 is 15.4 Å². The number of guanidine groups is 1. The Morgan fingerprint density at radius 3 is 2.67 bits per heavy atom. The van der Waals surface area contributed by atoms with Crippen LogP contribution in [0.1, 0.15) is 35.0 Å². The molecule has 0 unspecified atom stereocenters. The lowest BCUT2D eigenvalue weighted by Crippen LogP contribution is -2.74. The number of nitrogens with one attached hydrogen (secondary N) is 3. The Hall–Kier alpha value is -4.04. The predicted molar refractivity (Wildman–Crippen MR) is 146 cm³/mol. The minimum Gasteiger partial charge on any atom is -0.495 e. The summed E-state index contributed by atoms with van der Waals surface area (Å²) in [4.78, 5) is 18.9. The summed E-state index contributed by atoms with van der Waals surface area (Å²) in [6, 6.07) is 7.09. The predicted octanol–water partition coefficient (Wildman–Crippen LogP) is 1.87. The minimum absolute atomic E-state index is 0.0256. The van der Waals surface area contributed by atoms with Crippen LogP contribution in [0.5, 0.6) is 5.75 Å². The molecule has 0 radical (unpaired) electrons. The maximum absolute atomic E-state index is 15.6. The summed E-state index contributed by atoms with van der Waals surface area (Å²) < 4.78 is 49.9. The average molecular weight is 571 g/mol. The Bertz CT molecular complexity index is 1580. The molecular weight excluding hydrogens is 539 g/mol. The van der Waals surface area contributed by atoms with E-state index < -0.39 is 32.0 Å². The molecule has 40 heavy (non-hydrogen) atoms. The number of pyridine rings is 1. The number of aromatic nitrogens is 3. The fraction of sp³-hybridized carbons (Fsp3) is 0.385. The number of anilines is 1. The van der Waals surface area contributed by atoms with Crippen LogP contribution in [0.2, 0.25) is 0 Å². The largest absolute Gasteiger partial charge is 0.495 e. The zero-order chi connectivity index (χ0) is 28.9. The van der Waals surface area contributed by atoms with E-state index in [-0.39, 0.29) is 35.9 Å². The minimum atomic E-state index is -4.12. The number of rotatable bonds is 6. The number of likely N-dealkylation sites (tertiary alicyclic amines) is 1. The van der Waals surface area contributed by atoms with Gasteiger partial charge in [-0.25, -0.2) is 22.1 Å².